The molecule has 2 aromatic carbocycles. The molecule has 8 rings (SSSR count). The molecule has 2 bridgehead atoms. The third-order valence-electron chi connectivity index (χ3n) is 11.4. The number of amides is 1. The van der Waals surface area contributed by atoms with Crippen molar-refractivity contribution in [2.45, 2.75) is 103 Å². The molecule has 3 heterocycles. The minimum absolute atomic E-state index is 0.0334. The number of benzene rings is 2. The molecule has 2 aliphatic heterocycles. The maximum Gasteiger partial charge on any atom is 0.478 e. The number of fused-ring (bicyclic) bond motifs is 1. The summed E-state index contributed by atoms with van der Waals surface area (Å²) in [4.78, 5) is 24.6. The average Bonchev–Trinajstić information content (AvgIpc) is 3.59. The van der Waals surface area contributed by atoms with Crippen LogP contribution in [0.15, 0.2) is 66.9 Å². The summed E-state index contributed by atoms with van der Waals surface area (Å²) in [6.07, 6.45) is 7.59. The van der Waals surface area contributed by atoms with Crippen molar-refractivity contribution in [3.05, 3.63) is 78.1 Å². The fourth-order valence-electron chi connectivity index (χ4n) is 8.92. The van der Waals surface area contributed by atoms with Crippen molar-refractivity contribution in [1.29, 1.82) is 0 Å². The third kappa shape index (κ3) is 5.73. The largest absolute Gasteiger partial charge is 0.478 e. The molecule has 2 saturated heterocycles. The Balaban J connectivity index is 1.10. The second-order valence-corrected chi connectivity index (χ2v) is 15.1. The van der Waals surface area contributed by atoms with Crippen LogP contribution in [0.3, 0.4) is 0 Å². The van der Waals surface area contributed by atoms with Crippen LogP contribution in [0.2, 0.25) is 0 Å². The first-order chi connectivity index (χ1) is 21.6. The predicted octanol–water partition coefficient (Wildman–Crippen LogP) is 6.65. The number of aromatic nitrogens is 1. The van der Waals surface area contributed by atoms with Crippen LogP contribution in [0.5, 0.6) is 0 Å². The van der Waals surface area contributed by atoms with E-state index >= 15 is 0 Å². The van der Waals surface area contributed by atoms with Gasteiger partial charge in [0.05, 0.1) is 23.8 Å². The lowest BCUT2D eigenvalue weighted by Crippen LogP contribution is -2.65. The van der Waals surface area contributed by atoms with Gasteiger partial charge >= 0.3 is 7.12 Å². The van der Waals surface area contributed by atoms with Gasteiger partial charge < -0.3 is 14.6 Å². The Labute approximate surface area is 268 Å². The quantitative estimate of drug-likeness (QED) is 0.260. The van der Waals surface area contributed by atoms with Crippen LogP contribution in [-0.4, -0.2) is 59.4 Å². The number of rotatable bonds is 10. The molecule has 1 aromatic heterocycles. The Kier molecular flexibility index (Phi) is 8.30. The van der Waals surface area contributed by atoms with Crippen molar-refractivity contribution in [2.24, 2.45) is 23.2 Å². The molecule has 5 fully saturated rings. The number of pyridine rings is 1. The topological polar surface area (TPSA) is 72.9 Å². The Morgan fingerprint density at radius 2 is 1.82 bits per heavy atom. The molecular formula is C37H48BN3O4. The fraction of sp³-hybridized carbons (Fsp3) is 0.568. The van der Waals surface area contributed by atoms with Gasteiger partial charge in [0.2, 0.25) is 0 Å². The van der Waals surface area contributed by atoms with E-state index in [1.54, 1.807) is 6.20 Å². The van der Waals surface area contributed by atoms with E-state index in [0.29, 0.717) is 35.4 Å². The Morgan fingerprint density at radius 3 is 2.60 bits per heavy atom. The molecule has 0 radical (unpaired) electrons. The van der Waals surface area contributed by atoms with E-state index in [1.165, 1.54) is 12.0 Å². The van der Waals surface area contributed by atoms with Crippen LogP contribution in [-0.2, 0) is 20.6 Å². The Morgan fingerprint density at radius 1 is 1.04 bits per heavy atom. The number of carbonyl (C=O) groups excluding carboxylic acids is 1. The zero-order valence-corrected chi connectivity index (χ0v) is 27.4. The SMILES string of the molecule is CC(C)C[C@@H](B1O[C@@H]2C[C@@H]3C[C@@H](C3(C)C)[C@]2(C)O1)N1OC(Cc2ccccc2)CC1CCNC(=O)c1nccc2ccccc12. The van der Waals surface area contributed by atoms with Crippen LogP contribution in [0.25, 0.3) is 10.8 Å². The zero-order chi connectivity index (χ0) is 31.3. The van der Waals surface area contributed by atoms with Gasteiger partial charge in [-0.05, 0) is 79.2 Å². The van der Waals surface area contributed by atoms with E-state index in [2.05, 4.69) is 80.3 Å². The smallest absolute Gasteiger partial charge is 0.404 e. The first kappa shape index (κ1) is 30.9. The Bertz CT molecular complexity index is 1510. The highest BCUT2D eigenvalue weighted by atomic mass is 16.7. The van der Waals surface area contributed by atoms with E-state index in [4.69, 9.17) is 14.1 Å². The molecule has 2 unspecified atom stereocenters. The molecule has 3 aliphatic carbocycles. The van der Waals surface area contributed by atoms with E-state index in [9.17, 15) is 4.79 Å². The molecule has 3 saturated carbocycles. The second kappa shape index (κ2) is 12.1. The Hall–Kier alpha value is -2.78. The number of hydrogen-bond acceptors (Lipinski definition) is 6. The number of carbonyl (C=O) groups is 1. The molecule has 45 heavy (non-hydrogen) atoms. The highest BCUT2D eigenvalue weighted by Gasteiger charge is 2.69. The van der Waals surface area contributed by atoms with Crippen molar-refractivity contribution < 1.29 is 18.9 Å². The van der Waals surface area contributed by atoms with Gasteiger partial charge in [-0.3, -0.25) is 14.6 Å². The molecule has 1 amide bonds. The average molecular weight is 610 g/mol. The minimum Gasteiger partial charge on any atom is -0.404 e. The summed E-state index contributed by atoms with van der Waals surface area (Å²) >= 11 is 0. The molecule has 5 aliphatic rings. The van der Waals surface area contributed by atoms with Gasteiger partial charge in [0, 0.05) is 30.6 Å². The molecular weight excluding hydrogens is 561 g/mol. The van der Waals surface area contributed by atoms with Gasteiger partial charge in [-0.2, -0.15) is 5.06 Å². The summed E-state index contributed by atoms with van der Waals surface area (Å²) in [7, 11) is -0.343. The lowest BCUT2D eigenvalue weighted by atomic mass is 9.43. The van der Waals surface area contributed by atoms with Crippen molar-refractivity contribution in [3.63, 3.8) is 0 Å². The van der Waals surface area contributed by atoms with E-state index in [-0.39, 0.29) is 42.8 Å². The number of hydrogen-bond donors (Lipinski definition) is 1. The van der Waals surface area contributed by atoms with E-state index in [0.717, 1.165) is 42.9 Å². The standard InChI is InChI=1S/C37H48BN3O4/c1-24(2)19-33(38-43-32-22-27-21-31(36(27,3)4)37(32,5)45-38)41-28(23-29(44-41)20-25-11-7-6-8-12-25)16-18-40-35(42)34-30-14-10-9-13-26(30)15-17-39-34/h6-15,17,24,27-29,31-33H,16,18-23H2,1-5H3,(H,40,42)/t27-,28?,29?,31-,32+,33-,37-/m0/s1. The van der Waals surface area contributed by atoms with Crippen molar-refractivity contribution in [2.75, 3.05) is 6.54 Å². The van der Waals surface area contributed by atoms with Crippen LogP contribution < -0.4 is 5.32 Å². The summed E-state index contributed by atoms with van der Waals surface area (Å²) in [5, 5.41) is 7.28. The summed E-state index contributed by atoms with van der Waals surface area (Å²) in [6, 6.07) is 20.5. The third-order valence-corrected chi connectivity index (χ3v) is 11.4. The summed E-state index contributed by atoms with van der Waals surface area (Å²) in [6.45, 7) is 12.2. The van der Waals surface area contributed by atoms with Crippen molar-refractivity contribution in [1.82, 2.24) is 15.4 Å². The fourth-order valence-corrected chi connectivity index (χ4v) is 8.92. The summed E-state index contributed by atoms with van der Waals surface area (Å²) in [5.74, 6) is 1.49. The number of nitrogens with one attached hydrogen (secondary N) is 1. The molecule has 7 nitrogen and oxygen atoms in total. The number of nitrogens with zero attached hydrogens (tertiary/aromatic N) is 2. The minimum atomic E-state index is -0.343. The number of hydroxylamine groups is 2. The first-order valence-electron chi connectivity index (χ1n) is 17.1. The first-order valence-corrected chi connectivity index (χ1v) is 17.1. The van der Waals surface area contributed by atoms with Crippen LogP contribution in [0.1, 0.15) is 82.8 Å². The normalized spacial score (nSPS) is 31.2. The van der Waals surface area contributed by atoms with E-state index < -0.39 is 0 Å². The maximum atomic E-state index is 13.3. The van der Waals surface area contributed by atoms with E-state index in [1.807, 2.05) is 30.3 Å². The van der Waals surface area contributed by atoms with Crippen LogP contribution >= 0.6 is 0 Å². The van der Waals surface area contributed by atoms with Crippen LogP contribution in [0, 0.1) is 23.2 Å². The van der Waals surface area contributed by atoms with Gasteiger partial charge in [0.1, 0.15) is 5.69 Å². The maximum absolute atomic E-state index is 13.3. The highest BCUT2D eigenvalue weighted by molar-refractivity contribution is 6.47. The lowest BCUT2D eigenvalue weighted by Gasteiger charge is -2.64. The molecule has 7 atom stereocenters. The lowest BCUT2D eigenvalue weighted by molar-refractivity contribution is -0.200. The molecule has 0 spiro atoms. The van der Waals surface area contributed by atoms with Gasteiger partial charge in [-0.1, -0.05) is 82.3 Å². The molecule has 8 heteroatoms. The zero-order valence-electron chi connectivity index (χ0n) is 27.4. The van der Waals surface area contributed by atoms with Gasteiger partial charge in [0.15, 0.2) is 0 Å². The second-order valence-electron chi connectivity index (χ2n) is 15.1. The predicted molar refractivity (Wildman–Crippen MR) is 177 cm³/mol. The molecule has 1 N–H and O–H groups in total. The summed E-state index contributed by atoms with van der Waals surface area (Å²) < 4.78 is 13.9. The van der Waals surface area contributed by atoms with Crippen molar-refractivity contribution >= 4 is 23.8 Å². The molecule has 238 valence electrons. The summed E-state index contributed by atoms with van der Waals surface area (Å²) in [5.41, 5.74) is 1.77. The van der Waals surface area contributed by atoms with Gasteiger partial charge in [0.25, 0.3) is 5.91 Å². The van der Waals surface area contributed by atoms with Crippen molar-refractivity contribution in [3.8, 4) is 0 Å². The van der Waals surface area contributed by atoms with Crippen LogP contribution in [0.4, 0.5) is 0 Å². The highest BCUT2D eigenvalue weighted by Crippen LogP contribution is 2.66. The molecule has 3 aromatic rings. The monoisotopic (exact) mass is 609 g/mol. The van der Waals surface area contributed by atoms with Gasteiger partial charge in [-0.25, -0.2) is 0 Å². The van der Waals surface area contributed by atoms with Gasteiger partial charge in [-0.15, -0.1) is 0 Å².